The number of benzene rings is 1. The third kappa shape index (κ3) is 3.04. The Bertz CT molecular complexity index is 1060. The number of rotatable bonds is 3. The molecular weight excluding hydrogens is 356 g/mol. The Morgan fingerprint density at radius 1 is 0.926 bits per heavy atom. The first-order chi connectivity index (χ1) is 13.3. The number of aromatic nitrogens is 4. The van der Waals surface area contributed by atoms with Crippen LogP contribution >= 0.6 is 11.3 Å². The lowest BCUT2D eigenvalue weighted by Gasteiger charge is -2.36. The number of aryl methyl sites for hydroxylation is 1. The lowest BCUT2D eigenvalue weighted by atomic mass is 10.2. The minimum absolute atomic E-state index is 0.776. The molecule has 1 aromatic carbocycles. The molecule has 0 aliphatic carbocycles. The normalized spacial score (nSPS) is 14.9. The summed E-state index contributed by atoms with van der Waals surface area (Å²) in [7, 11) is 0. The zero-order chi connectivity index (χ0) is 18.2. The quantitative estimate of drug-likeness (QED) is 0.548. The van der Waals surface area contributed by atoms with Gasteiger partial charge in [-0.3, -0.25) is 0 Å². The van der Waals surface area contributed by atoms with E-state index in [0.29, 0.717) is 0 Å². The summed E-state index contributed by atoms with van der Waals surface area (Å²) < 4.78 is 1.85. The van der Waals surface area contributed by atoms with Crippen molar-refractivity contribution in [3.05, 3.63) is 58.8 Å². The molecule has 7 heteroatoms. The molecular formula is C20H20N6S. The molecule has 1 saturated heterocycles. The van der Waals surface area contributed by atoms with Crippen molar-refractivity contribution in [2.24, 2.45) is 0 Å². The van der Waals surface area contributed by atoms with Crippen molar-refractivity contribution < 1.29 is 0 Å². The summed E-state index contributed by atoms with van der Waals surface area (Å²) in [5.74, 6) is 1.77. The molecule has 0 unspecified atom stereocenters. The van der Waals surface area contributed by atoms with Crippen LogP contribution in [0.2, 0.25) is 0 Å². The molecule has 0 bridgehead atoms. The van der Waals surface area contributed by atoms with Crippen LogP contribution in [-0.2, 0) is 0 Å². The summed E-state index contributed by atoms with van der Waals surface area (Å²) in [5, 5.41) is 17.5. The highest BCUT2D eigenvalue weighted by molar-refractivity contribution is 7.08. The van der Waals surface area contributed by atoms with Gasteiger partial charge in [-0.1, -0.05) is 12.1 Å². The number of thiophene rings is 1. The minimum Gasteiger partial charge on any atom is -0.368 e. The Morgan fingerprint density at radius 3 is 2.56 bits per heavy atom. The highest BCUT2D eigenvalue weighted by Gasteiger charge is 2.20. The monoisotopic (exact) mass is 376 g/mol. The maximum atomic E-state index is 4.83. The second-order valence-corrected chi connectivity index (χ2v) is 7.59. The second-order valence-electron chi connectivity index (χ2n) is 6.81. The van der Waals surface area contributed by atoms with E-state index in [1.807, 2.05) is 22.0 Å². The first-order valence-electron chi connectivity index (χ1n) is 9.09. The molecule has 0 N–H and O–H groups in total. The van der Waals surface area contributed by atoms with Gasteiger partial charge in [-0.15, -0.1) is 15.3 Å². The maximum Gasteiger partial charge on any atom is 0.186 e. The number of piperazine rings is 1. The van der Waals surface area contributed by atoms with E-state index >= 15 is 0 Å². The standard InChI is InChI=1S/C20H20N6S/c1-15-3-2-4-17(13-15)24-8-10-25(11-9-24)19-6-5-18-21-22-20(26(18)23-19)16-7-12-27-14-16/h2-7,12-14H,8-11H2,1H3. The zero-order valence-electron chi connectivity index (χ0n) is 15.1. The SMILES string of the molecule is Cc1cccc(N2CCN(c3ccc4nnc(-c5ccsc5)n4n3)CC2)c1. The van der Waals surface area contributed by atoms with Gasteiger partial charge in [-0.2, -0.15) is 15.9 Å². The van der Waals surface area contributed by atoms with E-state index in [-0.39, 0.29) is 0 Å². The number of hydrogen-bond acceptors (Lipinski definition) is 6. The van der Waals surface area contributed by atoms with Crippen molar-refractivity contribution in [1.29, 1.82) is 0 Å². The molecule has 0 spiro atoms. The lowest BCUT2D eigenvalue weighted by molar-refractivity contribution is 0.641. The fourth-order valence-corrected chi connectivity index (χ4v) is 4.17. The van der Waals surface area contributed by atoms with Crippen molar-refractivity contribution >= 4 is 28.5 Å². The van der Waals surface area contributed by atoms with Crippen molar-refractivity contribution in [2.75, 3.05) is 36.0 Å². The van der Waals surface area contributed by atoms with E-state index in [4.69, 9.17) is 5.10 Å². The van der Waals surface area contributed by atoms with E-state index in [9.17, 15) is 0 Å². The third-order valence-corrected chi connectivity index (χ3v) is 5.68. The molecule has 1 aliphatic heterocycles. The molecule has 136 valence electrons. The first kappa shape index (κ1) is 16.3. The number of nitrogens with zero attached hydrogens (tertiary/aromatic N) is 6. The van der Waals surface area contributed by atoms with Crippen LogP contribution in [0.25, 0.3) is 17.0 Å². The molecule has 1 aliphatic rings. The Hall–Kier alpha value is -2.93. The van der Waals surface area contributed by atoms with E-state index in [0.717, 1.165) is 49.0 Å². The highest BCUT2D eigenvalue weighted by atomic mass is 32.1. The fraction of sp³-hybridized carbons (Fsp3) is 0.250. The van der Waals surface area contributed by atoms with Gasteiger partial charge in [-0.05, 0) is 48.2 Å². The van der Waals surface area contributed by atoms with Crippen molar-refractivity contribution in [3.63, 3.8) is 0 Å². The van der Waals surface area contributed by atoms with Gasteiger partial charge in [0.25, 0.3) is 0 Å². The second kappa shape index (κ2) is 6.66. The Kier molecular flexibility index (Phi) is 4.01. The van der Waals surface area contributed by atoms with Crippen LogP contribution < -0.4 is 9.80 Å². The predicted molar refractivity (Wildman–Crippen MR) is 110 cm³/mol. The molecule has 3 aromatic heterocycles. The van der Waals surface area contributed by atoms with Gasteiger partial charge in [0.05, 0.1) is 0 Å². The molecule has 4 heterocycles. The molecule has 0 atom stereocenters. The summed E-state index contributed by atoms with van der Waals surface area (Å²) in [6, 6.07) is 14.8. The van der Waals surface area contributed by atoms with Crippen LogP contribution in [0.4, 0.5) is 11.5 Å². The average Bonchev–Trinajstić information content (AvgIpc) is 3.37. The Balaban J connectivity index is 1.38. The molecule has 5 rings (SSSR count). The summed E-state index contributed by atoms with van der Waals surface area (Å²) in [6.07, 6.45) is 0. The predicted octanol–water partition coefficient (Wildman–Crippen LogP) is 3.49. The molecule has 0 saturated carbocycles. The number of fused-ring (bicyclic) bond motifs is 1. The largest absolute Gasteiger partial charge is 0.368 e. The van der Waals surface area contributed by atoms with Gasteiger partial charge < -0.3 is 9.80 Å². The van der Waals surface area contributed by atoms with Gasteiger partial charge in [0.1, 0.15) is 5.82 Å². The molecule has 1 fully saturated rings. The van der Waals surface area contributed by atoms with Crippen LogP contribution in [0.15, 0.2) is 53.2 Å². The van der Waals surface area contributed by atoms with Crippen LogP contribution in [0.1, 0.15) is 5.56 Å². The highest BCUT2D eigenvalue weighted by Crippen LogP contribution is 2.23. The van der Waals surface area contributed by atoms with Crippen molar-refractivity contribution in [1.82, 2.24) is 19.8 Å². The van der Waals surface area contributed by atoms with Crippen LogP contribution in [0, 0.1) is 6.92 Å². The topological polar surface area (TPSA) is 49.6 Å². The van der Waals surface area contributed by atoms with Crippen LogP contribution in [0.5, 0.6) is 0 Å². The van der Waals surface area contributed by atoms with Gasteiger partial charge in [0, 0.05) is 42.8 Å². The van der Waals surface area contributed by atoms with E-state index in [1.165, 1.54) is 11.3 Å². The molecule has 6 nitrogen and oxygen atoms in total. The molecule has 0 radical (unpaired) electrons. The molecule has 27 heavy (non-hydrogen) atoms. The minimum atomic E-state index is 0.776. The molecule has 0 amide bonds. The summed E-state index contributed by atoms with van der Waals surface area (Å²) in [4.78, 5) is 4.78. The molecule has 4 aromatic rings. The maximum absolute atomic E-state index is 4.83. The van der Waals surface area contributed by atoms with E-state index in [1.54, 1.807) is 11.3 Å². The number of anilines is 2. The van der Waals surface area contributed by atoms with Gasteiger partial charge >= 0.3 is 0 Å². The van der Waals surface area contributed by atoms with Gasteiger partial charge in [0.15, 0.2) is 11.5 Å². The third-order valence-electron chi connectivity index (χ3n) is 5.00. The zero-order valence-corrected chi connectivity index (χ0v) is 15.9. The van der Waals surface area contributed by atoms with Gasteiger partial charge in [-0.25, -0.2) is 0 Å². The first-order valence-corrected chi connectivity index (χ1v) is 10.0. The van der Waals surface area contributed by atoms with Crippen molar-refractivity contribution in [2.45, 2.75) is 6.92 Å². The van der Waals surface area contributed by atoms with Gasteiger partial charge in [0.2, 0.25) is 0 Å². The van der Waals surface area contributed by atoms with Crippen LogP contribution in [-0.4, -0.2) is 46.0 Å². The number of hydrogen-bond donors (Lipinski definition) is 0. The smallest absolute Gasteiger partial charge is 0.186 e. The van der Waals surface area contributed by atoms with E-state index < -0.39 is 0 Å². The summed E-state index contributed by atoms with van der Waals surface area (Å²) >= 11 is 1.65. The Morgan fingerprint density at radius 2 is 1.78 bits per heavy atom. The fourth-order valence-electron chi connectivity index (χ4n) is 3.54. The average molecular weight is 376 g/mol. The Labute approximate surface area is 161 Å². The summed E-state index contributed by atoms with van der Waals surface area (Å²) in [5.41, 5.74) is 4.44. The van der Waals surface area contributed by atoms with Crippen LogP contribution in [0.3, 0.4) is 0 Å². The van der Waals surface area contributed by atoms with E-state index in [2.05, 4.69) is 62.6 Å². The lowest BCUT2D eigenvalue weighted by Crippen LogP contribution is -2.47. The summed E-state index contributed by atoms with van der Waals surface area (Å²) in [6.45, 7) is 6.01. The van der Waals surface area contributed by atoms with Crippen molar-refractivity contribution in [3.8, 4) is 11.4 Å².